The molecule has 7 saturated heterocycles. The molecule has 0 aromatic rings. The van der Waals surface area contributed by atoms with Gasteiger partial charge < -0.3 is 229 Å². The van der Waals surface area contributed by atoms with Gasteiger partial charge in [0.15, 0.2) is 43.8 Å². The monoisotopic (exact) mass is 1960 g/mol. The summed E-state index contributed by atoms with van der Waals surface area (Å²) >= 11 is 0. The van der Waals surface area contributed by atoms with Crippen LogP contribution in [0.2, 0.25) is 0 Å². The van der Waals surface area contributed by atoms with Crippen LogP contribution in [0, 0.1) is 5.92 Å². The van der Waals surface area contributed by atoms with Crippen molar-refractivity contribution in [1.29, 1.82) is 0 Å². The van der Waals surface area contributed by atoms with E-state index in [4.69, 9.17) is 78.8 Å². The number of hydrogen-bond acceptors (Lipinski definition) is 46. The van der Waals surface area contributed by atoms with Crippen molar-refractivity contribution in [1.82, 2.24) is 47.9 Å². The molecule has 42 atom stereocenters. The number of ketones is 1. The van der Waals surface area contributed by atoms with Crippen LogP contribution in [-0.2, 0) is 114 Å². The first-order chi connectivity index (χ1) is 63.6. The summed E-state index contributed by atoms with van der Waals surface area (Å²) < 4.78 is 78.6. The van der Waals surface area contributed by atoms with E-state index in [0.29, 0.717) is 19.4 Å². The molecule has 36 unspecified atom stereocenters. The molecule has 7 heterocycles. The van der Waals surface area contributed by atoms with Crippen LogP contribution in [0.5, 0.6) is 0 Å². The molecule has 0 radical (unpaired) electrons. The van der Waals surface area contributed by atoms with Crippen molar-refractivity contribution >= 4 is 64.9 Å². The number of carboxylic acid groups (broad SMARTS) is 1. The third kappa shape index (κ3) is 30.3. The Morgan fingerprint density at radius 3 is 1.19 bits per heavy atom. The SMILES string of the molecule is CC(=O)NC1C(CC(=O)C[C@H](NC(=O)[C@H](C)NC(=O)[C@@H](NC(=O)[C@@H](N)CCCCN)C(C)C)C(=O)N[C@@H](CCCCN)C(=O)N[C@H](C(=O)O)C(C)O)OC(CO)C(OC2OC(CO)C(OC3OC(COC4OC(CO)C(O)C(O)C4OC4OC(CO)C(O)C(O)C4NC(C)=O)C(O)C(OC4OC(CO)C(O)C(O)C4OC4OC(CO)C(O)C(O)C4NC(C)=O)C3O)C(O)C2NC(C)=O)C1O. The van der Waals surface area contributed by atoms with Crippen LogP contribution >= 0.6 is 0 Å². The summed E-state index contributed by atoms with van der Waals surface area (Å²) in [5.74, 6) is -12.3. The summed E-state index contributed by atoms with van der Waals surface area (Å²) in [5.41, 5.74) is 17.4. The lowest BCUT2D eigenvalue weighted by atomic mass is 9.88. The number of nitrogens with one attached hydrogen (secondary N) is 9. The highest BCUT2D eigenvalue weighted by atomic mass is 16.8. The lowest BCUT2D eigenvalue weighted by molar-refractivity contribution is -0.395. The molecule has 0 saturated carbocycles. The number of aliphatic hydroxyl groups is 19. The zero-order valence-corrected chi connectivity index (χ0v) is 75.3. The molecule has 0 aromatic heterocycles. The Labute approximate surface area is 772 Å². The molecule has 56 nitrogen and oxygen atoms in total. The van der Waals surface area contributed by atoms with Gasteiger partial charge in [0.25, 0.3) is 0 Å². The molecule has 0 aromatic carbocycles. The second-order valence-electron chi connectivity index (χ2n) is 34.5. The Bertz CT molecular complexity index is 3810. The quantitative estimate of drug-likeness (QED) is 0.0252. The third-order valence-corrected chi connectivity index (χ3v) is 23.7. The number of carbonyl (C=O) groups is 11. The van der Waals surface area contributed by atoms with Gasteiger partial charge in [-0.1, -0.05) is 20.3 Å². The number of aliphatic carboxylic acids is 1. The zero-order chi connectivity index (χ0) is 101. The second kappa shape index (κ2) is 53.6. The lowest BCUT2D eigenvalue weighted by Gasteiger charge is -2.51. The topological polar surface area (TPSA) is 899 Å². The maximum absolute atomic E-state index is 14.8. The fourth-order valence-electron chi connectivity index (χ4n) is 16.3. The summed E-state index contributed by atoms with van der Waals surface area (Å²) in [6.45, 7) is 1.63. The Morgan fingerprint density at radius 2 is 0.726 bits per heavy atom. The van der Waals surface area contributed by atoms with E-state index in [1.807, 2.05) is 0 Å². The molecule has 0 aliphatic carbocycles. The van der Waals surface area contributed by atoms with E-state index in [1.165, 1.54) is 0 Å². The predicted molar refractivity (Wildman–Crippen MR) is 443 cm³/mol. The first-order valence-corrected chi connectivity index (χ1v) is 44.1. The van der Waals surface area contributed by atoms with Crippen molar-refractivity contribution in [2.45, 2.75) is 364 Å². The Morgan fingerprint density at radius 1 is 0.348 bits per heavy atom. The number of carboxylic acids is 1. The number of unbranched alkanes of at least 4 members (excludes halogenated alkanes) is 2. The molecule has 7 rings (SSSR count). The highest BCUT2D eigenvalue weighted by Gasteiger charge is 2.60. The van der Waals surface area contributed by atoms with Crippen molar-refractivity contribution in [2.24, 2.45) is 23.1 Å². The fraction of sp³-hybridized carbons (Fsp3) is 0.861. The molecule has 56 heteroatoms. The predicted octanol–water partition coefficient (Wildman–Crippen LogP) is -18.2. The van der Waals surface area contributed by atoms with E-state index >= 15 is 0 Å². The van der Waals surface area contributed by atoms with Crippen LogP contribution in [-0.4, -0.2) is 483 Å². The molecule has 776 valence electrons. The summed E-state index contributed by atoms with van der Waals surface area (Å²) in [6, 6.07) is -17.1. The minimum atomic E-state index is -2.58. The van der Waals surface area contributed by atoms with Crippen molar-refractivity contribution in [2.75, 3.05) is 59.3 Å². The first kappa shape index (κ1) is 115. The highest BCUT2D eigenvalue weighted by molar-refractivity contribution is 5.98. The van der Waals surface area contributed by atoms with Crippen LogP contribution in [0.3, 0.4) is 0 Å². The third-order valence-electron chi connectivity index (χ3n) is 23.7. The molecule has 0 bridgehead atoms. The van der Waals surface area contributed by atoms with Crippen molar-refractivity contribution in [3.05, 3.63) is 0 Å². The van der Waals surface area contributed by atoms with Gasteiger partial charge in [0.05, 0.1) is 70.5 Å². The summed E-state index contributed by atoms with van der Waals surface area (Å²) in [6.07, 6.45) is -68.0. The van der Waals surface area contributed by atoms with E-state index in [-0.39, 0.29) is 32.2 Å². The molecule has 35 N–H and O–H groups in total. The van der Waals surface area contributed by atoms with Gasteiger partial charge in [-0.3, -0.25) is 47.9 Å². The normalized spacial score (nSPS) is 37.1. The molecular formula is C79H136N12O44. The molecular weight excluding hydrogens is 1820 g/mol. The van der Waals surface area contributed by atoms with E-state index in [2.05, 4.69) is 47.9 Å². The molecule has 7 aliphatic rings. The number of hydrogen-bond donors (Lipinski definition) is 32. The molecule has 135 heavy (non-hydrogen) atoms. The fourth-order valence-corrected chi connectivity index (χ4v) is 16.3. The number of amides is 9. The zero-order valence-electron chi connectivity index (χ0n) is 75.3. The van der Waals surface area contributed by atoms with Gasteiger partial charge in [-0.25, -0.2) is 4.79 Å². The Balaban J connectivity index is 1.22. The maximum Gasteiger partial charge on any atom is 0.328 e. The minimum absolute atomic E-state index is 0.0697. The van der Waals surface area contributed by atoms with Crippen LogP contribution in [0.15, 0.2) is 0 Å². The van der Waals surface area contributed by atoms with Gasteiger partial charge in [0, 0.05) is 40.5 Å². The van der Waals surface area contributed by atoms with Crippen LogP contribution in [0.4, 0.5) is 0 Å². The number of nitrogens with two attached hydrogens (primary N) is 3. The van der Waals surface area contributed by atoms with E-state index in [0.717, 1.165) is 41.5 Å². The highest BCUT2D eigenvalue weighted by Crippen LogP contribution is 2.39. The summed E-state index contributed by atoms with van der Waals surface area (Å²) in [4.78, 5) is 148. The molecule has 9 amide bonds. The van der Waals surface area contributed by atoms with E-state index in [1.54, 1.807) is 13.8 Å². The Hall–Kier alpha value is -7.03. The summed E-state index contributed by atoms with van der Waals surface area (Å²) in [7, 11) is 0. The number of carbonyl (C=O) groups excluding carboxylic acids is 10. The number of rotatable bonds is 48. The average molecular weight is 1960 g/mol. The average Bonchev–Trinajstić information content (AvgIpc) is 0.760. The number of ether oxygens (including phenoxy) is 13. The Kier molecular flexibility index (Phi) is 45.6. The lowest BCUT2D eigenvalue weighted by Crippen LogP contribution is -2.70. The molecule has 7 fully saturated rings. The van der Waals surface area contributed by atoms with Gasteiger partial charge in [-0.15, -0.1) is 0 Å². The van der Waals surface area contributed by atoms with E-state index < -0.39 is 387 Å². The van der Waals surface area contributed by atoms with Crippen LogP contribution in [0.25, 0.3) is 0 Å². The van der Waals surface area contributed by atoms with Gasteiger partial charge in [0.1, 0.15) is 195 Å². The van der Waals surface area contributed by atoms with Gasteiger partial charge >= 0.3 is 5.97 Å². The van der Waals surface area contributed by atoms with E-state index in [9.17, 15) is 155 Å². The van der Waals surface area contributed by atoms with Crippen LogP contribution < -0.4 is 65.1 Å². The number of Topliss-reactive ketones (excluding diaryl/α,β-unsaturated/α-hetero) is 1. The standard InChI is InChI=1S/C79H136N12O44/c1-26(2)45(90-69(117)34(82)13-9-11-15-80)72(120)83-27(3)68(116)89-36(71(119)88-35(14-10-12-16-81)70(118)91-46(28(4)98)73(121)122)17-33(103)18-37-47(84-29(5)99)58(111)63(42(23-96)124-37)131-76-50(87-32(8)102)59(112)64(43(24-97)129-76)132-77-62(115)65(133-79-67(61(114)54(107)41(22-95)128-79)135-75-49(86-31(7)101)57(110)52(105)39(20-93)126-75)55(108)44(130-77)25-123-78-66(60(113)53(106)40(21-94)127-78)134-74-48(85-30(6)100)56(109)51(104)38(19-92)125-74/h26-28,34-67,74-79,92-98,104-115H,9-25,80-82H2,1-8H3,(H,83,120)(H,84,99)(H,85,100)(H,86,101)(H,87,102)(H,88,119)(H,89,116)(H,90,117)(H,91,118)(H,121,122)/t27-,28?,34-,35-,36-,37?,38?,39?,40?,41?,42?,43?,44?,45-,46-,47?,48?,49?,50?,51?,52?,53?,54?,55?,56?,57?,58?,59?,60?,61?,62?,63?,64?,65?,66?,67?,74?,75?,76?,77?,78?,79?/m0/s1. The van der Waals surface area contributed by atoms with Crippen molar-refractivity contribution in [3.8, 4) is 0 Å². The van der Waals surface area contributed by atoms with Gasteiger partial charge in [-0.2, -0.15) is 0 Å². The smallest absolute Gasteiger partial charge is 0.328 e. The first-order valence-electron chi connectivity index (χ1n) is 44.1. The minimum Gasteiger partial charge on any atom is -0.480 e. The second-order valence-corrected chi connectivity index (χ2v) is 34.5. The van der Waals surface area contributed by atoms with Crippen LogP contribution in [0.1, 0.15) is 107 Å². The molecule has 7 aliphatic heterocycles. The largest absolute Gasteiger partial charge is 0.480 e. The molecule has 0 spiro atoms. The van der Waals surface area contributed by atoms with Crippen molar-refractivity contribution < 1.29 is 216 Å². The maximum atomic E-state index is 14.8. The summed E-state index contributed by atoms with van der Waals surface area (Å²) in [5, 5.41) is 245. The van der Waals surface area contributed by atoms with Gasteiger partial charge in [-0.05, 0) is 65.0 Å². The van der Waals surface area contributed by atoms with Crippen molar-refractivity contribution in [3.63, 3.8) is 0 Å². The van der Waals surface area contributed by atoms with Gasteiger partial charge in [0.2, 0.25) is 53.2 Å². The number of aliphatic hydroxyl groups excluding tert-OH is 19.